The highest BCUT2D eigenvalue weighted by Crippen LogP contribution is 2.23. The van der Waals surface area contributed by atoms with Crippen molar-refractivity contribution in [1.29, 1.82) is 0 Å². The Balaban J connectivity index is 3.14. The van der Waals surface area contributed by atoms with Gasteiger partial charge in [0.25, 0.3) is 0 Å². The summed E-state index contributed by atoms with van der Waals surface area (Å²) in [7, 11) is 0. The second kappa shape index (κ2) is 3.09. The number of hydrogen-bond donors (Lipinski definition) is 0. The van der Waals surface area contributed by atoms with E-state index in [0.717, 1.165) is 0 Å². The molecular formula is C9H12IN. The van der Waals surface area contributed by atoms with Crippen molar-refractivity contribution in [2.45, 2.75) is 26.2 Å². The molecule has 0 atom stereocenters. The highest BCUT2D eigenvalue weighted by molar-refractivity contribution is 14.1. The molecule has 0 fully saturated rings. The van der Waals surface area contributed by atoms with Gasteiger partial charge in [-0.3, -0.25) is 4.98 Å². The van der Waals surface area contributed by atoms with Crippen LogP contribution in [0.2, 0.25) is 0 Å². The van der Waals surface area contributed by atoms with Crippen molar-refractivity contribution in [1.82, 2.24) is 4.98 Å². The first kappa shape index (κ1) is 8.97. The number of hydrogen-bond acceptors (Lipinski definition) is 1. The molecule has 0 aliphatic rings. The highest BCUT2D eigenvalue weighted by Gasteiger charge is 2.17. The van der Waals surface area contributed by atoms with Crippen LogP contribution in [0, 0.1) is 3.57 Å². The van der Waals surface area contributed by atoms with Crippen molar-refractivity contribution in [2.24, 2.45) is 0 Å². The average molecular weight is 261 g/mol. The van der Waals surface area contributed by atoms with E-state index in [1.807, 2.05) is 12.3 Å². The highest BCUT2D eigenvalue weighted by atomic mass is 127. The summed E-state index contributed by atoms with van der Waals surface area (Å²) < 4.78 is 1.25. The Kier molecular flexibility index (Phi) is 2.52. The topological polar surface area (TPSA) is 12.9 Å². The summed E-state index contributed by atoms with van der Waals surface area (Å²) in [6, 6.07) is 4.06. The van der Waals surface area contributed by atoms with Crippen LogP contribution < -0.4 is 0 Å². The molecule has 1 aromatic heterocycles. The molecule has 1 aromatic rings. The minimum atomic E-state index is 0.164. The normalized spacial score (nSPS) is 11.6. The molecule has 0 saturated carbocycles. The maximum Gasteiger partial charge on any atom is 0.0590 e. The van der Waals surface area contributed by atoms with Crippen LogP contribution in [-0.4, -0.2) is 4.98 Å². The van der Waals surface area contributed by atoms with Crippen molar-refractivity contribution >= 4 is 22.6 Å². The largest absolute Gasteiger partial charge is 0.260 e. The van der Waals surface area contributed by atoms with E-state index in [9.17, 15) is 0 Å². The van der Waals surface area contributed by atoms with Gasteiger partial charge in [0.05, 0.1) is 5.69 Å². The van der Waals surface area contributed by atoms with E-state index in [4.69, 9.17) is 0 Å². The Labute approximate surface area is 81.4 Å². The molecule has 0 bridgehead atoms. The molecule has 1 nitrogen and oxygen atoms in total. The zero-order valence-corrected chi connectivity index (χ0v) is 9.21. The molecule has 0 aliphatic heterocycles. The fourth-order valence-electron chi connectivity index (χ4n) is 0.938. The Morgan fingerprint density at radius 2 is 2.00 bits per heavy atom. The van der Waals surface area contributed by atoms with Gasteiger partial charge < -0.3 is 0 Å². The molecule has 0 spiro atoms. The fraction of sp³-hybridized carbons (Fsp3) is 0.444. The average Bonchev–Trinajstić information content (AvgIpc) is 1.86. The van der Waals surface area contributed by atoms with E-state index in [1.54, 1.807) is 0 Å². The lowest BCUT2D eigenvalue weighted by atomic mass is 9.92. The van der Waals surface area contributed by atoms with Crippen LogP contribution in [0.4, 0.5) is 0 Å². The van der Waals surface area contributed by atoms with Crippen molar-refractivity contribution in [3.8, 4) is 0 Å². The summed E-state index contributed by atoms with van der Waals surface area (Å²) in [6.45, 7) is 6.53. The minimum Gasteiger partial charge on any atom is -0.260 e. The lowest BCUT2D eigenvalue weighted by molar-refractivity contribution is 0.565. The molecule has 0 N–H and O–H groups in total. The Morgan fingerprint density at radius 1 is 1.36 bits per heavy atom. The quantitative estimate of drug-likeness (QED) is 0.654. The molecule has 1 heterocycles. The van der Waals surface area contributed by atoms with Crippen LogP contribution in [0.25, 0.3) is 0 Å². The predicted molar refractivity (Wildman–Crippen MR) is 55.7 cm³/mol. The monoisotopic (exact) mass is 261 g/mol. The van der Waals surface area contributed by atoms with Crippen LogP contribution in [0.3, 0.4) is 0 Å². The van der Waals surface area contributed by atoms with E-state index < -0.39 is 0 Å². The van der Waals surface area contributed by atoms with E-state index in [-0.39, 0.29) is 5.41 Å². The summed E-state index contributed by atoms with van der Waals surface area (Å²) in [5, 5.41) is 0. The molecule has 1 rings (SSSR count). The van der Waals surface area contributed by atoms with Gasteiger partial charge in [0.15, 0.2) is 0 Å². The number of pyridine rings is 1. The third-order valence-electron chi connectivity index (χ3n) is 1.47. The Bertz CT molecular complexity index is 250. The summed E-state index contributed by atoms with van der Waals surface area (Å²) in [4.78, 5) is 4.34. The molecule has 11 heavy (non-hydrogen) atoms. The van der Waals surface area contributed by atoms with Crippen LogP contribution in [-0.2, 0) is 5.41 Å². The van der Waals surface area contributed by atoms with Gasteiger partial charge in [-0.1, -0.05) is 20.8 Å². The van der Waals surface area contributed by atoms with Crippen molar-refractivity contribution < 1.29 is 0 Å². The zero-order chi connectivity index (χ0) is 8.48. The molecular weight excluding hydrogens is 249 g/mol. The lowest BCUT2D eigenvalue weighted by Gasteiger charge is -2.18. The minimum absolute atomic E-state index is 0.164. The van der Waals surface area contributed by atoms with Crippen molar-refractivity contribution in [2.75, 3.05) is 0 Å². The van der Waals surface area contributed by atoms with Gasteiger partial charge in [-0.25, -0.2) is 0 Å². The van der Waals surface area contributed by atoms with E-state index in [0.29, 0.717) is 0 Å². The smallest absolute Gasteiger partial charge is 0.0590 e. The number of rotatable bonds is 0. The second-order valence-corrected chi connectivity index (χ2v) is 4.75. The molecule has 0 aliphatic carbocycles. The van der Waals surface area contributed by atoms with Gasteiger partial charge in [-0.2, -0.15) is 0 Å². The maximum atomic E-state index is 4.34. The Hall–Kier alpha value is -0.120. The summed E-state index contributed by atoms with van der Waals surface area (Å²) >= 11 is 2.32. The third kappa shape index (κ3) is 2.15. The third-order valence-corrected chi connectivity index (χ3v) is 2.34. The Morgan fingerprint density at radius 3 is 2.36 bits per heavy atom. The van der Waals surface area contributed by atoms with Gasteiger partial charge in [0, 0.05) is 15.2 Å². The van der Waals surface area contributed by atoms with Gasteiger partial charge in [0.1, 0.15) is 0 Å². The summed E-state index contributed by atoms with van der Waals surface area (Å²) in [5.74, 6) is 0. The molecule has 2 heteroatoms. The van der Waals surface area contributed by atoms with Crippen LogP contribution in [0.15, 0.2) is 18.3 Å². The van der Waals surface area contributed by atoms with Crippen molar-refractivity contribution in [3.63, 3.8) is 0 Å². The molecule has 0 saturated heterocycles. The lowest BCUT2D eigenvalue weighted by Crippen LogP contribution is -2.14. The zero-order valence-electron chi connectivity index (χ0n) is 7.06. The van der Waals surface area contributed by atoms with E-state index >= 15 is 0 Å². The molecule has 0 radical (unpaired) electrons. The van der Waals surface area contributed by atoms with Crippen LogP contribution in [0.5, 0.6) is 0 Å². The molecule has 0 aromatic carbocycles. The molecule has 60 valence electrons. The van der Waals surface area contributed by atoms with Crippen LogP contribution >= 0.6 is 22.6 Å². The number of aromatic nitrogens is 1. The number of nitrogens with zero attached hydrogens (tertiary/aromatic N) is 1. The summed E-state index contributed by atoms with van der Waals surface area (Å²) in [5.41, 5.74) is 1.35. The second-order valence-electron chi connectivity index (χ2n) is 3.58. The molecule has 0 unspecified atom stereocenters. The van der Waals surface area contributed by atoms with Crippen molar-refractivity contribution in [3.05, 3.63) is 27.6 Å². The van der Waals surface area contributed by atoms with Crippen LogP contribution in [0.1, 0.15) is 26.5 Å². The first-order valence-electron chi connectivity index (χ1n) is 3.63. The predicted octanol–water partition coefficient (Wildman–Crippen LogP) is 2.98. The summed E-state index contributed by atoms with van der Waals surface area (Å²) in [6.07, 6.45) is 1.85. The number of halogens is 1. The van der Waals surface area contributed by atoms with Gasteiger partial charge in [-0.15, -0.1) is 0 Å². The fourth-order valence-corrected chi connectivity index (χ4v) is 2.09. The van der Waals surface area contributed by atoms with E-state index in [2.05, 4.69) is 54.4 Å². The van der Waals surface area contributed by atoms with Gasteiger partial charge in [-0.05, 0) is 34.7 Å². The maximum absolute atomic E-state index is 4.34. The SMILES string of the molecule is CC(C)(C)c1ncccc1I. The first-order chi connectivity index (χ1) is 5.02. The van der Waals surface area contributed by atoms with Gasteiger partial charge in [0.2, 0.25) is 0 Å². The van der Waals surface area contributed by atoms with Gasteiger partial charge >= 0.3 is 0 Å². The van der Waals surface area contributed by atoms with E-state index in [1.165, 1.54) is 9.26 Å². The standard InChI is InChI=1S/C9H12IN/c1-9(2,3)8-7(10)5-4-6-11-8/h4-6H,1-3H3. The molecule has 0 amide bonds. The first-order valence-corrected chi connectivity index (χ1v) is 4.70.